The zero-order valence-corrected chi connectivity index (χ0v) is 4.74. The molecule has 0 aliphatic carbocycles. The summed E-state index contributed by atoms with van der Waals surface area (Å²) < 4.78 is 45.3. The van der Waals surface area contributed by atoms with Crippen molar-refractivity contribution in [2.75, 3.05) is 0 Å². The van der Waals surface area contributed by atoms with Crippen LogP contribution in [0.4, 0.5) is 17.6 Å². The van der Waals surface area contributed by atoms with E-state index in [1.54, 1.807) is 0 Å². The third-order valence-corrected chi connectivity index (χ3v) is 0.674. The van der Waals surface area contributed by atoms with Crippen LogP contribution in [0.2, 0.25) is 0 Å². The first-order valence-electron chi connectivity index (χ1n) is 2.32. The van der Waals surface area contributed by atoms with Crippen molar-refractivity contribution < 1.29 is 17.6 Å². The van der Waals surface area contributed by atoms with E-state index in [9.17, 15) is 17.6 Å². The van der Waals surface area contributed by atoms with E-state index < -0.39 is 12.3 Å². The zero-order chi connectivity index (χ0) is 7.49. The van der Waals surface area contributed by atoms with Crippen LogP contribution in [0.3, 0.4) is 0 Å². The number of halogens is 4. The third kappa shape index (κ3) is 3.11. The first-order chi connectivity index (χ1) is 3.98. The molecular formula is C5H6F4. The molecule has 0 saturated carbocycles. The lowest BCUT2D eigenvalue weighted by atomic mass is 10.3. The molecule has 0 N–H and O–H groups in total. The van der Waals surface area contributed by atoms with Crippen LogP contribution in [0, 0.1) is 0 Å². The van der Waals surface area contributed by atoms with Crippen molar-refractivity contribution in [1.82, 2.24) is 0 Å². The zero-order valence-electron chi connectivity index (χ0n) is 4.74. The van der Waals surface area contributed by atoms with Crippen molar-refractivity contribution in [1.29, 1.82) is 0 Å². The van der Waals surface area contributed by atoms with Crippen molar-refractivity contribution in [3.05, 3.63) is 12.2 Å². The van der Waals surface area contributed by atoms with Crippen LogP contribution in [0.5, 0.6) is 0 Å². The minimum Gasteiger partial charge on any atom is -0.233 e. The Balaban J connectivity index is 3.88. The average molecular weight is 142 g/mol. The van der Waals surface area contributed by atoms with Gasteiger partial charge >= 0.3 is 6.18 Å². The van der Waals surface area contributed by atoms with Gasteiger partial charge in [0.15, 0.2) is 0 Å². The van der Waals surface area contributed by atoms with Gasteiger partial charge in [-0.25, -0.2) is 4.39 Å². The molecule has 1 atom stereocenters. The highest BCUT2D eigenvalue weighted by Gasteiger charge is 2.37. The maximum atomic E-state index is 11.7. The van der Waals surface area contributed by atoms with Crippen LogP contribution in [0.25, 0.3) is 0 Å². The molecule has 0 aromatic carbocycles. The second-order valence-corrected chi connectivity index (χ2v) is 1.47. The molecule has 0 bridgehead atoms. The number of hydrogen-bond donors (Lipinski definition) is 0. The van der Waals surface area contributed by atoms with Gasteiger partial charge in [0, 0.05) is 0 Å². The molecule has 0 aromatic heterocycles. The molecule has 0 aromatic rings. The first-order valence-corrected chi connectivity index (χ1v) is 2.32. The number of allylic oxidation sites excluding steroid dienone is 2. The lowest BCUT2D eigenvalue weighted by molar-refractivity contribution is -0.166. The summed E-state index contributed by atoms with van der Waals surface area (Å²) in [5.41, 5.74) is 0. The van der Waals surface area contributed by atoms with E-state index in [4.69, 9.17) is 0 Å². The van der Waals surface area contributed by atoms with Crippen molar-refractivity contribution in [3.8, 4) is 0 Å². The van der Waals surface area contributed by atoms with Crippen molar-refractivity contribution in [2.45, 2.75) is 19.3 Å². The molecule has 0 amide bonds. The lowest BCUT2D eigenvalue weighted by Gasteiger charge is -2.06. The van der Waals surface area contributed by atoms with Crippen molar-refractivity contribution >= 4 is 0 Å². The topological polar surface area (TPSA) is 0 Å². The van der Waals surface area contributed by atoms with E-state index in [1.807, 2.05) is 0 Å². The maximum absolute atomic E-state index is 11.7. The number of rotatable bonds is 1. The Hall–Kier alpha value is -0.540. The first kappa shape index (κ1) is 8.46. The summed E-state index contributed by atoms with van der Waals surface area (Å²) in [4.78, 5) is 0. The van der Waals surface area contributed by atoms with Gasteiger partial charge in [-0.05, 0) is 13.0 Å². The monoisotopic (exact) mass is 142 g/mol. The molecule has 0 aliphatic rings. The summed E-state index contributed by atoms with van der Waals surface area (Å²) in [5, 5.41) is 0. The quantitative estimate of drug-likeness (QED) is 0.389. The Morgan fingerprint density at radius 2 is 1.78 bits per heavy atom. The normalized spacial score (nSPS) is 16.6. The van der Waals surface area contributed by atoms with Crippen LogP contribution in [-0.4, -0.2) is 12.3 Å². The number of alkyl halides is 4. The molecule has 0 aliphatic heterocycles. The molecule has 54 valence electrons. The summed E-state index contributed by atoms with van der Waals surface area (Å²) in [6.07, 6.45) is -6.08. The van der Waals surface area contributed by atoms with Gasteiger partial charge in [-0.2, -0.15) is 13.2 Å². The molecule has 0 saturated heterocycles. The highest BCUT2D eigenvalue weighted by molar-refractivity contribution is 4.90. The summed E-state index contributed by atoms with van der Waals surface area (Å²) >= 11 is 0. The van der Waals surface area contributed by atoms with Gasteiger partial charge in [0.2, 0.25) is 6.17 Å². The smallest absolute Gasteiger partial charge is 0.233 e. The molecule has 0 spiro atoms. The Morgan fingerprint density at radius 3 is 1.89 bits per heavy atom. The molecular weight excluding hydrogens is 136 g/mol. The fourth-order valence-corrected chi connectivity index (χ4v) is 0.278. The molecule has 0 rings (SSSR count). The van der Waals surface area contributed by atoms with Crippen LogP contribution < -0.4 is 0 Å². The van der Waals surface area contributed by atoms with Gasteiger partial charge in [0.05, 0.1) is 0 Å². The fraction of sp³-hybridized carbons (Fsp3) is 0.600. The Kier molecular flexibility index (Phi) is 2.67. The van der Waals surface area contributed by atoms with E-state index in [0.29, 0.717) is 6.08 Å². The minimum atomic E-state index is -4.74. The van der Waals surface area contributed by atoms with E-state index >= 15 is 0 Å². The minimum absolute atomic E-state index is 0.458. The summed E-state index contributed by atoms with van der Waals surface area (Å²) in [7, 11) is 0. The summed E-state index contributed by atoms with van der Waals surface area (Å²) in [6, 6.07) is 0. The van der Waals surface area contributed by atoms with E-state index in [0.717, 1.165) is 6.08 Å². The standard InChI is InChI=1S/C5H6F4/c1-2-3-4(6)5(7,8)9/h2-4H,1H3. The van der Waals surface area contributed by atoms with Crippen LogP contribution in [0.15, 0.2) is 12.2 Å². The maximum Gasteiger partial charge on any atom is 0.423 e. The molecule has 0 fully saturated rings. The van der Waals surface area contributed by atoms with Gasteiger partial charge in [-0.15, -0.1) is 0 Å². The average Bonchev–Trinajstić information content (AvgIpc) is 1.64. The van der Waals surface area contributed by atoms with Crippen LogP contribution in [0.1, 0.15) is 6.92 Å². The van der Waals surface area contributed by atoms with Crippen LogP contribution >= 0.6 is 0 Å². The van der Waals surface area contributed by atoms with Crippen molar-refractivity contribution in [3.63, 3.8) is 0 Å². The number of hydrogen-bond acceptors (Lipinski definition) is 0. The molecule has 9 heavy (non-hydrogen) atoms. The molecule has 1 unspecified atom stereocenters. The van der Waals surface area contributed by atoms with E-state index in [-0.39, 0.29) is 0 Å². The second kappa shape index (κ2) is 2.85. The molecule has 4 heteroatoms. The summed E-state index contributed by atoms with van der Waals surface area (Å²) in [5.74, 6) is 0. The molecule has 0 radical (unpaired) electrons. The lowest BCUT2D eigenvalue weighted by Crippen LogP contribution is -2.21. The Bertz CT molecular complexity index is 102. The Morgan fingerprint density at radius 1 is 1.33 bits per heavy atom. The highest BCUT2D eigenvalue weighted by atomic mass is 19.4. The Labute approximate surface area is 50.2 Å². The summed E-state index contributed by atoms with van der Waals surface area (Å²) in [6.45, 7) is 1.33. The van der Waals surface area contributed by atoms with Gasteiger partial charge in [-0.1, -0.05) is 6.08 Å². The predicted molar refractivity (Wildman–Crippen MR) is 25.8 cm³/mol. The fourth-order valence-electron chi connectivity index (χ4n) is 0.278. The van der Waals surface area contributed by atoms with E-state index in [1.165, 1.54) is 6.92 Å². The van der Waals surface area contributed by atoms with Gasteiger partial charge in [0.25, 0.3) is 0 Å². The van der Waals surface area contributed by atoms with Crippen molar-refractivity contribution in [2.24, 2.45) is 0 Å². The third-order valence-electron chi connectivity index (χ3n) is 0.674. The van der Waals surface area contributed by atoms with Gasteiger partial charge in [-0.3, -0.25) is 0 Å². The SMILES string of the molecule is CC=CC(F)C(F)(F)F. The second-order valence-electron chi connectivity index (χ2n) is 1.47. The van der Waals surface area contributed by atoms with Gasteiger partial charge < -0.3 is 0 Å². The highest BCUT2D eigenvalue weighted by Crippen LogP contribution is 2.23. The largest absolute Gasteiger partial charge is 0.423 e. The molecule has 0 heterocycles. The van der Waals surface area contributed by atoms with Crippen LogP contribution in [-0.2, 0) is 0 Å². The van der Waals surface area contributed by atoms with Gasteiger partial charge in [0.1, 0.15) is 0 Å². The molecule has 0 nitrogen and oxygen atoms in total. The predicted octanol–water partition coefficient (Wildman–Crippen LogP) is 2.46. The van der Waals surface area contributed by atoms with E-state index in [2.05, 4.69) is 0 Å².